The molecule has 0 aliphatic rings. The third-order valence-electron chi connectivity index (χ3n) is 4.99. The lowest BCUT2D eigenvalue weighted by Gasteiger charge is -2.29. The molecule has 2 heteroatoms. The summed E-state index contributed by atoms with van der Waals surface area (Å²) in [6.45, 7) is 14.8. The molecule has 0 saturated heterocycles. The Balaban J connectivity index is 3.35. The number of hydrogen-bond acceptors (Lipinski definition) is 2. The molecule has 108 valence electrons. The van der Waals surface area contributed by atoms with Gasteiger partial charge in [0.15, 0.2) is 0 Å². The van der Waals surface area contributed by atoms with Gasteiger partial charge in [0, 0.05) is 0 Å². The third kappa shape index (κ3) is 2.85. The van der Waals surface area contributed by atoms with E-state index in [2.05, 4.69) is 48.5 Å². The van der Waals surface area contributed by atoms with Gasteiger partial charge in [0.2, 0.25) is 0 Å². The topological polar surface area (TPSA) is 46.2 Å². The van der Waals surface area contributed by atoms with E-state index in [1.165, 1.54) is 27.8 Å². The summed E-state index contributed by atoms with van der Waals surface area (Å²) in [5.41, 5.74) is 13.9. The van der Waals surface area contributed by atoms with Gasteiger partial charge in [-0.15, -0.1) is 0 Å². The van der Waals surface area contributed by atoms with E-state index < -0.39 is 6.10 Å². The molecule has 1 aromatic carbocycles. The number of nitrogens with two attached hydrogens (primary N) is 1. The van der Waals surface area contributed by atoms with Gasteiger partial charge in [-0.1, -0.05) is 20.3 Å². The van der Waals surface area contributed by atoms with Crippen LogP contribution in [0.3, 0.4) is 0 Å². The van der Waals surface area contributed by atoms with Crippen molar-refractivity contribution in [3.8, 4) is 0 Å². The number of benzene rings is 1. The van der Waals surface area contributed by atoms with Crippen LogP contribution in [0.1, 0.15) is 59.7 Å². The minimum Gasteiger partial charge on any atom is -0.391 e. The summed E-state index contributed by atoms with van der Waals surface area (Å²) in [6, 6.07) is -0.298. The molecule has 19 heavy (non-hydrogen) atoms. The highest BCUT2D eigenvalue weighted by Crippen LogP contribution is 2.32. The molecule has 0 fully saturated rings. The number of aliphatic hydroxyl groups excluding tert-OH is 1. The van der Waals surface area contributed by atoms with Crippen molar-refractivity contribution in [3.63, 3.8) is 0 Å². The fourth-order valence-electron chi connectivity index (χ4n) is 2.80. The molecule has 0 spiro atoms. The van der Waals surface area contributed by atoms with Crippen molar-refractivity contribution in [1.29, 1.82) is 0 Å². The predicted molar refractivity (Wildman–Crippen MR) is 82.5 cm³/mol. The molecule has 1 rings (SSSR count). The summed E-state index contributed by atoms with van der Waals surface area (Å²) in [4.78, 5) is 0. The average molecular weight is 263 g/mol. The Bertz CT molecular complexity index is 436. The van der Waals surface area contributed by atoms with Crippen LogP contribution in [0.2, 0.25) is 0 Å². The Labute approximate surface area is 118 Å². The van der Waals surface area contributed by atoms with Crippen molar-refractivity contribution in [2.75, 3.05) is 0 Å². The summed E-state index contributed by atoms with van der Waals surface area (Å²) < 4.78 is 0. The van der Waals surface area contributed by atoms with E-state index in [4.69, 9.17) is 5.73 Å². The fraction of sp³-hybridized carbons (Fsp3) is 0.647. The SMILES string of the molecule is CCC(C)[C@@H](O)[C@@H](N)c1c(C)c(C)c(C)c(C)c1C. The van der Waals surface area contributed by atoms with Crippen LogP contribution in [-0.4, -0.2) is 11.2 Å². The van der Waals surface area contributed by atoms with Crippen LogP contribution >= 0.6 is 0 Å². The van der Waals surface area contributed by atoms with Crippen LogP contribution in [0.4, 0.5) is 0 Å². The van der Waals surface area contributed by atoms with E-state index in [-0.39, 0.29) is 12.0 Å². The molecule has 2 nitrogen and oxygen atoms in total. The Hall–Kier alpha value is -0.860. The maximum absolute atomic E-state index is 10.4. The van der Waals surface area contributed by atoms with Gasteiger partial charge in [-0.3, -0.25) is 0 Å². The molecule has 3 N–H and O–H groups in total. The first-order chi connectivity index (χ1) is 8.73. The van der Waals surface area contributed by atoms with Gasteiger partial charge in [-0.2, -0.15) is 0 Å². The molecule has 0 aliphatic carbocycles. The Kier molecular flexibility index (Phi) is 5.17. The molecular weight excluding hydrogens is 234 g/mol. The van der Waals surface area contributed by atoms with Crippen molar-refractivity contribution in [3.05, 3.63) is 33.4 Å². The first kappa shape index (κ1) is 16.2. The number of hydrogen-bond donors (Lipinski definition) is 2. The second kappa shape index (κ2) is 6.06. The van der Waals surface area contributed by atoms with Gasteiger partial charge in [0.1, 0.15) is 0 Å². The lowest BCUT2D eigenvalue weighted by Crippen LogP contribution is -2.33. The van der Waals surface area contributed by atoms with E-state index in [1.807, 2.05) is 0 Å². The van der Waals surface area contributed by atoms with E-state index in [0.717, 1.165) is 12.0 Å². The first-order valence-electron chi connectivity index (χ1n) is 7.24. The lowest BCUT2D eigenvalue weighted by atomic mass is 9.82. The minimum absolute atomic E-state index is 0.218. The van der Waals surface area contributed by atoms with Gasteiger partial charge < -0.3 is 10.8 Å². The molecule has 0 saturated carbocycles. The normalized spacial score (nSPS) is 16.3. The van der Waals surface area contributed by atoms with Crippen molar-refractivity contribution in [2.24, 2.45) is 11.7 Å². The monoisotopic (exact) mass is 263 g/mol. The van der Waals surface area contributed by atoms with Crippen LogP contribution in [0.15, 0.2) is 0 Å². The quantitative estimate of drug-likeness (QED) is 0.871. The standard InChI is InChI=1S/C17H29NO/c1-8-9(2)17(19)16(18)15-13(6)11(4)10(3)12(5)14(15)7/h9,16-17,19H,8,18H2,1-7H3/t9?,16-,17+/m0/s1. The van der Waals surface area contributed by atoms with Gasteiger partial charge in [0.25, 0.3) is 0 Å². The summed E-state index contributed by atoms with van der Waals surface area (Å²) in [5.74, 6) is 0.218. The van der Waals surface area contributed by atoms with E-state index >= 15 is 0 Å². The summed E-state index contributed by atoms with van der Waals surface area (Å²) in [5, 5.41) is 10.4. The van der Waals surface area contributed by atoms with Crippen LogP contribution in [-0.2, 0) is 0 Å². The average Bonchev–Trinajstić information content (AvgIpc) is 2.41. The first-order valence-corrected chi connectivity index (χ1v) is 7.24. The fourth-order valence-corrected chi connectivity index (χ4v) is 2.80. The molecular formula is C17H29NO. The van der Waals surface area contributed by atoms with Crippen LogP contribution in [0.5, 0.6) is 0 Å². The highest BCUT2D eigenvalue weighted by molar-refractivity contribution is 5.50. The zero-order chi connectivity index (χ0) is 14.9. The van der Waals surface area contributed by atoms with Gasteiger partial charge >= 0.3 is 0 Å². The van der Waals surface area contributed by atoms with E-state index in [1.54, 1.807) is 0 Å². The smallest absolute Gasteiger partial charge is 0.0758 e. The second-order valence-corrected chi connectivity index (χ2v) is 5.94. The number of rotatable bonds is 4. The molecule has 3 atom stereocenters. The third-order valence-corrected chi connectivity index (χ3v) is 4.99. The van der Waals surface area contributed by atoms with Crippen molar-refractivity contribution >= 4 is 0 Å². The van der Waals surface area contributed by atoms with Crippen LogP contribution < -0.4 is 5.73 Å². The largest absolute Gasteiger partial charge is 0.391 e. The minimum atomic E-state index is -0.482. The molecule has 0 bridgehead atoms. The molecule has 0 amide bonds. The molecule has 1 aromatic rings. The maximum atomic E-state index is 10.4. The van der Waals surface area contributed by atoms with Crippen molar-refractivity contribution in [2.45, 2.75) is 67.0 Å². The van der Waals surface area contributed by atoms with Crippen LogP contribution in [0, 0.1) is 40.5 Å². The van der Waals surface area contributed by atoms with E-state index in [9.17, 15) is 5.11 Å². The lowest BCUT2D eigenvalue weighted by molar-refractivity contribution is 0.0875. The van der Waals surface area contributed by atoms with Gasteiger partial charge in [-0.05, 0) is 73.9 Å². The Morgan fingerprint density at radius 1 is 0.895 bits per heavy atom. The van der Waals surface area contributed by atoms with Crippen molar-refractivity contribution in [1.82, 2.24) is 0 Å². The summed E-state index contributed by atoms with van der Waals surface area (Å²) in [7, 11) is 0. The highest BCUT2D eigenvalue weighted by atomic mass is 16.3. The summed E-state index contributed by atoms with van der Waals surface area (Å²) in [6.07, 6.45) is 0.459. The molecule has 0 aromatic heterocycles. The zero-order valence-corrected chi connectivity index (χ0v) is 13.5. The van der Waals surface area contributed by atoms with Crippen molar-refractivity contribution < 1.29 is 5.11 Å². The molecule has 0 heterocycles. The maximum Gasteiger partial charge on any atom is 0.0758 e. The molecule has 0 aliphatic heterocycles. The summed E-state index contributed by atoms with van der Waals surface area (Å²) >= 11 is 0. The highest BCUT2D eigenvalue weighted by Gasteiger charge is 2.26. The molecule has 1 unspecified atom stereocenters. The number of aliphatic hydroxyl groups is 1. The molecule has 0 radical (unpaired) electrons. The Morgan fingerprint density at radius 3 is 1.63 bits per heavy atom. The van der Waals surface area contributed by atoms with Gasteiger partial charge in [-0.25, -0.2) is 0 Å². The Morgan fingerprint density at radius 2 is 1.26 bits per heavy atom. The zero-order valence-electron chi connectivity index (χ0n) is 13.5. The second-order valence-electron chi connectivity index (χ2n) is 5.94. The van der Waals surface area contributed by atoms with Gasteiger partial charge in [0.05, 0.1) is 12.1 Å². The van der Waals surface area contributed by atoms with Crippen LogP contribution in [0.25, 0.3) is 0 Å². The van der Waals surface area contributed by atoms with E-state index in [0.29, 0.717) is 0 Å². The predicted octanol–water partition coefficient (Wildman–Crippen LogP) is 3.64.